The third-order valence-electron chi connectivity index (χ3n) is 6.13. The molecule has 38 heavy (non-hydrogen) atoms. The maximum absolute atomic E-state index is 14.3. The van der Waals surface area contributed by atoms with E-state index in [1.54, 1.807) is 12.1 Å². The maximum atomic E-state index is 14.3. The van der Waals surface area contributed by atoms with E-state index < -0.39 is 11.8 Å². The van der Waals surface area contributed by atoms with Crippen molar-refractivity contribution < 1.29 is 23.8 Å². The van der Waals surface area contributed by atoms with Crippen LogP contribution < -0.4 is 9.47 Å². The Morgan fingerprint density at radius 1 is 0.895 bits per heavy atom. The fourth-order valence-electron chi connectivity index (χ4n) is 3.87. The number of hydrogen-bond acceptors (Lipinski definition) is 4. The molecule has 4 rings (SSSR count). The fourth-order valence-corrected chi connectivity index (χ4v) is 3.87. The predicted octanol–water partition coefficient (Wildman–Crippen LogP) is 6.54. The molecule has 0 saturated carbocycles. The van der Waals surface area contributed by atoms with E-state index in [4.69, 9.17) is 19.7 Å². The van der Waals surface area contributed by atoms with Crippen LogP contribution >= 0.6 is 0 Å². The summed E-state index contributed by atoms with van der Waals surface area (Å²) in [4.78, 5) is 10.7. The Hall–Kier alpha value is -4.13. The van der Waals surface area contributed by atoms with Crippen molar-refractivity contribution in [1.82, 2.24) is 9.78 Å². The summed E-state index contributed by atoms with van der Waals surface area (Å²) in [5.41, 5.74) is 4.33. The Kier molecular flexibility index (Phi) is 8.46. The number of aromatic nitrogens is 2. The molecule has 1 heterocycles. The molecule has 0 aliphatic rings. The van der Waals surface area contributed by atoms with E-state index >= 15 is 0 Å². The Balaban J connectivity index is 1.39. The highest BCUT2D eigenvalue weighted by molar-refractivity contribution is 5.67. The highest BCUT2D eigenvalue weighted by atomic mass is 19.1. The van der Waals surface area contributed by atoms with Gasteiger partial charge in [0, 0.05) is 24.0 Å². The lowest BCUT2D eigenvalue weighted by Gasteiger charge is -2.14. The zero-order valence-electron chi connectivity index (χ0n) is 22.0. The zero-order valence-corrected chi connectivity index (χ0v) is 22.0. The quantitative estimate of drug-likeness (QED) is 0.245. The van der Waals surface area contributed by atoms with Crippen LogP contribution in [0.2, 0.25) is 0 Å². The van der Waals surface area contributed by atoms with Gasteiger partial charge in [0.15, 0.2) is 0 Å². The molecule has 3 aromatic carbocycles. The third-order valence-corrected chi connectivity index (χ3v) is 6.13. The molecule has 0 aliphatic carbocycles. The van der Waals surface area contributed by atoms with Gasteiger partial charge in [-0.15, -0.1) is 0 Å². The number of halogens is 1. The smallest absolute Gasteiger partial charge is 0.303 e. The molecule has 0 bridgehead atoms. The third kappa shape index (κ3) is 7.44. The summed E-state index contributed by atoms with van der Waals surface area (Å²) in [6.45, 7) is 7.70. The number of carboxylic acids is 1. The number of carboxylic acid groups (broad SMARTS) is 1. The average molecular weight is 517 g/mol. The number of rotatable bonds is 11. The Morgan fingerprint density at radius 3 is 2.21 bits per heavy atom. The number of hydrogen-bond donors (Lipinski definition) is 1. The van der Waals surface area contributed by atoms with Crippen molar-refractivity contribution in [2.75, 3.05) is 0 Å². The number of aryl methyl sites for hydroxylation is 1. The molecule has 0 fully saturated rings. The minimum Gasteiger partial charge on any atom is -0.489 e. The van der Waals surface area contributed by atoms with Crippen molar-refractivity contribution in [3.63, 3.8) is 0 Å². The van der Waals surface area contributed by atoms with Crippen LogP contribution in [0.25, 0.3) is 0 Å². The minimum absolute atomic E-state index is 0.106. The summed E-state index contributed by atoms with van der Waals surface area (Å²) < 4.78 is 28.0. The second-order valence-electron chi connectivity index (χ2n) is 10.3. The molecule has 0 amide bonds. The van der Waals surface area contributed by atoms with Crippen LogP contribution in [0.5, 0.6) is 11.6 Å². The summed E-state index contributed by atoms with van der Waals surface area (Å²) in [5.74, 6) is -0.290. The van der Waals surface area contributed by atoms with E-state index in [1.165, 1.54) is 6.07 Å². The lowest BCUT2D eigenvalue weighted by molar-refractivity contribution is -0.136. The van der Waals surface area contributed by atoms with Crippen LogP contribution in [0.4, 0.5) is 4.39 Å². The van der Waals surface area contributed by atoms with Gasteiger partial charge in [-0.2, -0.15) is 5.10 Å². The van der Waals surface area contributed by atoms with Crippen LogP contribution in [0, 0.1) is 5.82 Å². The van der Waals surface area contributed by atoms with Gasteiger partial charge in [-0.05, 0) is 34.7 Å². The number of carbonyl (C=O) groups is 1. The first-order chi connectivity index (χ1) is 18.2. The Labute approximate surface area is 222 Å². The van der Waals surface area contributed by atoms with Gasteiger partial charge in [-0.25, -0.2) is 9.07 Å². The first kappa shape index (κ1) is 26.9. The van der Waals surface area contributed by atoms with Gasteiger partial charge in [0.1, 0.15) is 24.8 Å². The first-order valence-corrected chi connectivity index (χ1v) is 12.6. The van der Waals surface area contributed by atoms with Crippen molar-refractivity contribution in [3.8, 4) is 11.6 Å². The molecular formula is C31H33FN2O4. The van der Waals surface area contributed by atoms with E-state index in [1.807, 2.05) is 65.3 Å². The van der Waals surface area contributed by atoms with Gasteiger partial charge in [0.05, 0.1) is 12.2 Å². The second-order valence-corrected chi connectivity index (χ2v) is 10.3. The summed E-state index contributed by atoms with van der Waals surface area (Å²) in [6, 6.07) is 24.6. The lowest BCUT2D eigenvalue weighted by Crippen LogP contribution is -2.13. The van der Waals surface area contributed by atoms with E-state index in [9.17, 15) is 9.18 Å². The van der Waals surface area contributed by atoms with Crippen LogP contribution in [-0.2, 0) is 36.4 Å². The van der Waals surface area contributed by atoms with Crippen LogP contribution in [0.15, 0.2) is 78.9 Å². The summed E-state index contributed by atoms with van der Waals surface area (Å²) in [7, 11) is 0. The second kappa shape index (κ2) is 11.9. The molecular weight excluding hydrogens is 483 g/mol. The fraction of sp³-hybridized carbons (Fsp3) is 0.290. The van der Waals surface area contributed by atoms with Gasteiger partial charge in [0.25, 0.3) is 0 Å². The van der Waals surface area contributed by atoms with Crippen LogP contribution in [0.3, 0.4) is 0 Å². The Morgan fingerprint density at radius 2 is 1.55 bits per heavy atom. The molecule has 6 nitrogen and oxygen atoms in total. The minimum atomic E-state index is -0.952. The van der Waals surface area contributed by atoms with E-state index in [2.05, 4.69) is 20.8 Å². The van der Waals surface area contributed by atoms with E-state index in [0.29, 0.717) is 24.5 Å². The number of nitrogens with zero attached hydrogens (tertiary/aromatic N) is 2. The topological polar surface area (TPSA) is 73.6 Å². The molecule has 1 N–H and O–H groups in total. The standard InChI is InChI=1S/C31H33FN2O4/c1-31(2,3)28-18-29(38-21-23-7-5-4-6-8-23)34(33-28)19-22-9-11-24(12-10-22)20-37-26-15-13-25(27(32)17-26)14-16-30(35)36/h4-13,15,17-18H,14,16,19-21H2,1-3H3,(H,35,36). The van der Waals surface area contributed by atoms with Crippen molar-refractivity contribution in [2.24, 2.45) is 0 Å². The van der Waals surface area contributed by atoms with Crippen molar-refractivity contribution in [1.29, 1.82) is 0 Å². The maximum Gasteiger partial charge on any atom is 0.303 e. The lowest BCUT2D eigenvalue weighted by atomic mass is 9.93. The number of benzene rings is 3. The first-order valence-electron chi connectivity index (χ1n) is 12.6. The highest BCUT2D eigenvalue weighted by Gasteiger charge is 2.21. The van der Waals surface area contributed by atoms with Gasteiger partial charge >= 0.3 is 5.97 Å². The molecule has 0 spiro atoms. The molecule has 198 valence electrons. The van der Waals surface area contributed by atoms with Gasteiger partial charge in [-0.1, -0.05) is 81.4 Å². The summed E-state index contributed by atoms with van der Waals surface area (Å²) >= 11 is 0. The van der Waals surface area contributed by atoms with E-state index in [0.717, 1.165) is 28.3 Å². The molecule has 4 aromatic rings. The SMILES string of the molecule is CC(C)(C)c1cc(OCc2ccccc2)n(Cc2ccc(COc3ccc(CCC(=O)O)c(F)c3)cc2)n1. The summed E-state index contributed by atoms with van der Waals surface area (Å²) in [6.07, 6.45) is 0.0373. The van der Waals surface area contributed by atoms with Crippen molar-refractivity contribution in [2.45, 2.75) is 58.8 Å². The summed E-state index contributed by atoms with van der Waals surface area (Å²) in [5, 5.41) is 13.6. The van der Waals surface area contributed by atoms with Crippen molar-refractivity contribution in [3.05, 3.63) is 113 Å². The van der Waals surface area contributed by atoms with Gasteiger partial charge in [0.2, 0.25) is 5.88 Å². The molecule has 1 aromatic heterocycles. The normalized spacial score (nSPS) is 11.4. The van der Waals surface area contributed by atoms with E-state index in [-0.39, 0.29) is 24.9 Å². The van der Waals surface area contributed by atoms with Crippen LogP contribution in [0.1, 0.15) is 55.1 Å². The largest absolute Gasteiger partial charge is 0.489 e. The number of ether oxygens (including phenoxy) is 2. The predicted molar refractivity (Wildman–Crippen MR) is 144 cm³/mol. The average Bonchev–Trinajstić information content (AvgIpc) is 3.30. The molecule has 0 radical (unpaired) electrons. The highest BCUT2D eigenvalue weighted by Crippen LogP contribution is 2.27. The molecule has 0 atom stereocenters. The van der Waals surface area contributed by atoms with Gasteiger partial charge in [-0.3, -0.25) is 4.79 Å². The molecule has 0 aliphatic heterocycles. The van der Waals surface area contributed by atoms with Gasteiger partial charge < -0.3 is 14.6 Å². The Bertz CT molecular complexity index is 1360. The van der Waals surface area contributed by atoms with Crippen LogP contribution in [-0.4, -0.2) is 20.9 Å². The number of aliphatic carboxylic acids is 1. The van der Waals surface area contributed by atoms with Crippen molar-refractivity contribution >= 4 is 5.97 Å². The molecule has 0 unspecified atom stereocenters. The zero-order chi connectivity index (χ0) is 27.1. The molecule has 7 heteroatoms. The monoisotopic (exact) mass is 516 g/mol. The molecule has 0 saturated heterocycles.